The van der Waals surface area contributed by atoms with Gasteiger partial charge in [0, 0.05) is 18.7 Å². The molecule has 0 aliphatic heterocycles. The Hall–Kier alpha value is -3.12. The smallest absolute Gasteiger partial charge is 0.264 e. The lowest BCUT2D eigenvalue weighted by Gasteiger charge is -2.20. The highest BCUT2D eigenvalue weighted by Gasteiger charge is 2.21. The van der Waals surface area contributed by atoms with E-state index in [1.807, 2.05) is 25.1 Å². The molecule has 0 heterocycles. The molecule has 0 saturated heterocycles. The fourth-order valence-corrected chi connectivity index (χ4v) is 4.35. The van der Waals surface area contributed by atoms with E-state index in [0.29, 0.717) is 11.3 Å². The van der Waals surface area contributed by atoms with E-state index in [4.69, 9.17) is 0 Å². The molecule has 0 radical (unpaired) electrons. The van der Waals surface area contributed by atoms with E-state index >= 15 is 0 Å². The van der Waals surface area contributed by atoms with Crippen molar-refractivity contribution in [2.24, 2.45) is 0 Å². The van der Waals surface area contributed by atoms with E-state index in [1.165, 1.54) is 16.9 Å². The zero-order valence-electron chi connectivity index (χ0n) is 17.2. The van der Waals surface area contributed by atoms with Crippen molar-refractivity contribution < 1.29 is 13.2 Å². The number of hydrogen-bond acceptors (Lipinski definition) is 3. The Morgan fingerprint density at radius 2 is 1.57 bits per heavy atom. The summed E-state index contributed by atoms with van der Waals surface area (Å²) in [6.07, 6.45) is 1.69. The molecule has 3 aromatic rings. The zero-order chi connectivity index (χ0) is 21.6. The Labute approximate surface area is 178 Å². The second-order valence-corrected chi connectivity index (χ2v) is 9.20. The molecule has 0 spiro atoms. The zero-order valence-corrected chi connectivity index (χ0v) is 18.0. The Morgan fingerprint density at radius 3 is 2.23 bits per heavy atom. The lowest BCUT2D eigenvalue weighted by atomic mass is 10.1. The van der Waals surface area contributed by atoms with Crippen LogP contribution in [0, 0.1) is 0 Å². The number of hydrogen-bond donors (Lipinski definition) is 1. The third kappa shape index (κ3) is 5.27. The number of nitrogens with one attached hydrogen (secondary N) is 1. The summed E-state index contributed by atoms with van der Waals surface area (Å²) in [5.74, 6) is -0.220. The molecule has 0 aromatic heterocycles. The van der Waals surface area contributed by atoms with Gasteiger partial charge in [0.25, 0.3) is 15.9 Å². The molecule has 3 rings (SSSR count). The molecule has 30 heavy (non-hydrogen) atoms. The molecule has 1 amide bonds. The summed E-state index contributed by atoms with van der Waals surface area (Å²) in [5.41, 5.74) is 2.09. The fraction of sp³-hybridized carbons (Fsp3) is 0.208. The first-order valence-corrected chi connectivity index (χ1v) is 11.3. The highest BCUT2D eigenvalue weighted by molar-refractivity contribution is 7.92. The van der Waals surface area contributed by atoms with Crippen molar-refractivity contribution in [2.75, 3.05) is 11.4 Å². The van der Waals surface area contributed by atoms with Crippen LogP contribution >= 0.6 is 0 Å². The van der Waals surface area contributed by atoms with Crippen molar-refractivity contribution in [1.29, 1.82) is 0 Å². The predicted octanol–water partition coefficient (Wildman–Crippen LogP) is 4.26. The van der Waals surface area contributed by atoms with Crippen LogP contribution < -0.4 is 9.62 Å². The van der Waals surface area contributed by atoms with Gasteiger partial charge in [-0.2, -0.15) is 0 Å². The average molecular weight is 423 g/mol. The van der Waals surface area contributed by atoms with Gasteiger partial charge in [-0.15, -0.1) is 0 Å². The second kappa shape index (κ2) is 9.59. The largest absolute Gasteiger partial charge is 0.350 e. The van der Waals surface area contributed by atoms with Gasteiger partial charge in [0.05, 0.1) is 10.6 Å². The number of carbonyl (C=O) groups is 1. The SMILES string of the molecule is C[C@@H](CCc1ccccc1)NC(=O)c1cccc(N(C)S(=O)(=O)c2ccccc2)c1. The summed E-state index contributed by atoms with van der Waals surface area (Å²) < 4.78 is 26.9. The summed E-state index contributed by atoms with van der Waals surface area (Å²) in [7, 11) is -2.21. The quantitative estimate of drug-likeness (QED) is 0.590. The third-order valence-corrected chi connectivity index (χ3v) is 6.76. The van der Waals surface area contributed by atoms with Gasteiger partial charge in [-0.3, -0.25) is 9.10 Å². The monoisotopic (exact) mass is 422 g/mol. The van der Waals surface area contributed by atoms with Gasteiger partial charge < -0.3 is 5.32 Å². The van der Waals surface area contributed by atoms with Crippen LogP contribution in [0.2, 0.25) is 0 Å². The van der Waals surface area contributed by atoms with Gasteiger partial charge in [-0.05, 0) is 55.7 Å². The third-order valence-electron chi connectivity index (χ3n) is 4.96. The summed E-state index contributed by atoms with van der Waals surface area (Å²) >= 11 is 0. The van der Waals surface area contributed by atoms with Gasteiger partial charge in [-0.25, -0.2) is 8.42 Å². The average Bonchev–Trinajstić information content (AvgIpc) is 2.78. The highest BCUT2D eigenvalue weighted by atomic mass is 32.2. The number of rotatable bonds is 8. The van der Waals surface area contributed by atoms with Gasteiger partial charge in [0.15, 0.2) is 0 Å². The normalized spacial score (nSPS) is 12.2. The number of nitrogens with zero attached hydrogens (tertiary/aromatic N) is 1. The molecule has 0 aliphatic rings. The van der Waals surface area contributed by atoms with Gasteiger partial charge in [-0.1, -0.05) is 54.6 Å². The molecule has 0 saturated carbocycles. The van der Waals surface area contributed by atoms with Crippen molar-refractivity contribution in [2.45, 2.75) is 30.7 Å². The Bertz CT molecular complexity index is 1080. The molecule has 0 fully saturated rings. The maximum Gasteiger partial charge on any atom is 0.264 e. The summed E-state index contributed by atoms with van der Waals surface area (Å²) in [4.78, 5) is 12.9. The first kappa shape index (κ1) is 21.6. The number of benzene rings is 3. The van der Waals surface area contributed by atoms with E-state index in [9.17, 15) is 13.2 Å². The Balaban J connectivity index is 1.67. The second-order valence-electron chi connectivity index (χ2n) is 7.23. The molecule has 0 bridgehead atoms. The molecule has 3 aromatic carbocycles. The summed E-state index contributed by atoms with van der Waals surface area (Å²) in [6.45, 7) is 1.97. The molecule has 156 valence electrons. The number of amides is 1. The van der Waals surface area contributed by atoms with Crippen LogP contribution in [0.25, 0.3) is 0 Å². The van der Waals surface area contributed by atoms with Crippen LogP contribution in [0.1, 0.15) is 29.3 Å². The number of sulfonamides is 1. The van der Waals surface area contributed by atoms with E-state index in [0.717, 1.165) is 12.8 Å². The van der Waals surface area contributed by atoms with Crippen LogP contribution in [-0.4, -0.2) is 27.4 Å². The van der Waals surface area contributed by atoms with Crippen LogP contribution in [0.5, 0.6) is 0 Å². The van der Waals surface area contributed by atoms with Gasteiger partial charge in [0.2, 0.25) is 0 Å². The van der Waals surface area contributed by atoms with Gasteiger partial charge >= 0.3 is 0 Å². The minimum absolute atomic E-state index is 0.00727. The molecule has 6 heteroatoms. The minimum atomic E-state index is -3.70. The van der Waals surface area contributed by atoms with E-state index in [2.05, 4.69) is 17.4 Å². The van der Waals surface area contributed by atoms with Crippen LogP contribution in [0.3, 0.4) is 0 Å². The first-order valence-electron chi connectivity index (χ1n) is 9.87. The Kier molecular flexibility index (Phi) is 6.90. The lowest BCUT2D eigenvalue weighted by Crippen LogP contribution is -2.33. The molecular weight excluding hydrogens is 396 g/mol. The maximum absolute atomic E-state index is 12.8. The molecule has 5 nitrogen and oxygen atoms in total. The van der Waals surface area contributed by atoms with Crippen molar-refractivity contribution in [3.63, 3.8) is 0 Å². The first-order chi connectivity index (χ1) is 14.4. The van der Waals surface area contributed by atoms with Crippen LogP contribution in [0.15, 0.2) is 89.8 Å². The fourth-order valence-electron chi connectivity index (χ4n) is 3.14. The van der Waals surface area contributed by atoms with Gasteiger partial charge in [0.1, 0.15) is 0 Å². The number of anilines is 1. The predicted molar refractivity (Wildman–Crippen MR) is 120 cm³/mol. The lowest BCUT2D eigenvalue weighted by molar-refractivity contribution is 0.0938. The number of aryl methyl sites for hydroxylation is 1. The van der Waals surface area contributed by atoms with E-state index < -0.39 is 10.0 Å². The molecule has 0 unspecified atom stereocenters. The molecule has 1 N–H and O–H groups in total. The van der Waals surface area contributed by atoms with E-state index in [1.54, 1.807) is 54.6 Å². The van der Waals surface area contributed by atoms with Crippen molar-refractivity contribution in [1.82, 2.24) is 5.32 Å². The van der Waals surface area contributed by atoms with Crippen LogP contribution in [-0.2, 0) is 16.4 Å². The molecule has 1 atom stereocenters. The highest BCUT2D eigenvalue weighted by Crippen LogP contribution is 2.23. The van der Waals surface area contributed by atoms with Crippen LogP contribution in [0.4, 0.5) is 5.69 Å². The topological polar surface area (TPSA) is 66.5 Å². The summed E-state index contributed by atoms with van der Waals surface area (Å²) in [5, 5.41) is 3.00. The summed E-state index contributed by atoms with van der Waals surface area (Å²) in [6, 6.07) is 25.0. The molecular formula is C24H26N2O3S. The standard InChI is InChI=1S/C24H26N2O3S/c1-19(16-17-20-10-5-3-6-11-20)25-24(27)21-12-9-13-22(18-21)26(2)30(28,29)23-14-7-4-8-15-23/h3-15,18-19H,16-17H2,1-2H3,(H,25,27)/t19-/m0/s1. The Morgan fingerprint density at radius 1 is 0.933 bits per heavy atom. The maximum atomic E-state index is 12.8. The minimum Gasteiger partial charge on any atom is -0.350 e. The number of carbonyl (C=O) groups excluding carboxylic acids is 1. The van der Waals surface area contributed by atoms with E-state index in [-0.39, 0.29) is 16.8 Å². The molecule has 0 aliphatic carbocycles. The van der Waals surface area contributed by atoms with Crippen molar-refractivity contribution in [3.8, 4) is 0 Å². The van der Waals surface area contributed by atoms with Crippen molar-refractivity contribution in [3.05, 3.63) is 96.1 Å². The van der Waals surface area contributed by atoms with Crippen molar-refractivity contribution >= 4 is 21.6 Å².